The second-order valence-electron chi connectivity index (χ2n) is 4.65. The second kappa shape index (κ2) is 7.45. The molecule has 0 unspecified atom stereocenters. The summed E-state index contributed by atoms with van der Waals surface area (Å²) in [6.45, 7) is 6.61. The summed E-state index contributed by atoms with van der Waals surface area (Å²) in [5, 5.41) is 18.5. The minimum atomic E-state index is -0.802. The van der Waals surface area contributed by atoms with Gasteiger partial charge in [-0.25, -0.2) is 9.78 Å². The topological polar surface area (TPSA) is 74.2 Å². The van der Waals surface area contributed by atoms with E-state index in [9.17, 15) is 9.90 Å². The van der Waals surface area contributed by atoms with E-state index in [2.05, 4.69) is 15.6 Å². The van der Waals surface area contributed by atoms with Crippen LogP contribution in [0.15, 0.2) is 5.38 Å². The number of thiazole rings is 1. The van der Waals surface area contributed by atoms with E-state index < -0.39 is 5.60 Å². The maximum absolute atomic E-state index is 11.6. The fourth-order valence-corrected chi connectivity index (χ4v) is 2.28. The number of nitrogens with zero attached hydrogens (tertiary/aromatic N) is 1. The number of hydrogen-bond acceptors (Lipinski definition) is 4. The van der Waals surface area contributed by atoms with Crippen LogP contribution in [0.25, 0.3) is 0 Å². The van der Waals surface area contributed by atoms with Crippen molar-refractivity contribution in [2.24, 2.45) is 0 Å². The first-order valence-electron chi connectivity index (χ1n) is 6.64. The fraction of sp³-hybridized carbons (Fsp3) is 0.692. The number of carbonyl (C=O) groups is 1. The third kappa shape index (κ3) is 5.57. The number of hydrogen-bond donors (Lipinski definition) is 3. The van der Waals surface area contributed by atoms with Gasteiger partial charge in [-0.15, -0.1) is 11.3 Å². The van der Waals surface area contributed by atoms with E-state index in [0.29, 0.717) is 19.4 Å². The normalized spacial score (nSPS) is 11.4. The molecule has 0 saturated heterocycles. The van der Waals surface area contributed by atoms with Gasteiger partial charge in [0.05, 0.1) is 16.3 Å². The molecule has 0 spiro atoms. The molecule has 1 rings (SSSR count). The minimum absolute atomic E-state index is 0.243. The van der Waals surface area contributed by atoms with Crippen molar-refractivity contribution in [3.05, 3.63) is 16.1 Å². The van der Waals surface area contributed by atoms with Crippen molar-refractivity contribution in [2.75, 3.05) is 13.1 Å². The molecular weight excluding hydrogens is 262 g/mol. The average Bonchev–Trinajstić information content (AvgIpc) is 2.82. The number of amides is 2. The first-order valence-corrected chi connectivity index (χ1v) is 7.52. The lowest BCUT2D eigenvalue weighted by molar-refractivity contribution is 0.0349. The molecule has 0 radical (unpaired) electrons. The van der Waals surface area contributed by atoms with Crippen LogP contribution in [-0.2, 0) is 6.42 Å². The monoisotopic (exact) mass is 285 g/mol. The lowest BCUT2D eigenvalue weighted by Crippen LogP contribution is -2.46. The van der Waals surface area contributed by atoms with Crippen molar-refractivity contribution in [2.45, 2.75) is 45.6 Å². The van der Waals surface area contributed by atoms with Crippen LogP contribution >= 0.6 is 11.3 Å². The highest BCUT2D eigenvalue weighted by Crippen LogP contribution is 2.12. The second-order valence-corrected chi connectivity index (χ2v) is 5.71. The molecule has 3 N–H and O–H groups in total. The van der Waals surface area contributed by atoms with Crippen LogP contribution in [0.3, 0.4) is 0 Å². The van der Waals surface area contributed by atoms with Gasteiger partial charge in [0.2, 0.25) is 0 Å². The van der Waals surface area contributed by atoms with E-state index in [0.717, 1.165) is 17.1 Å². The van der Waals surface area contributed by atoms with Crippen LogP contribution in [0, 0.1) is 6.92 Å². The molecule has 0 aliphatic rings. The van der Waals surface area contributed by atoms with Crippen LogP contribution in [-0.4, -0.2) is 34.8 Å². The summed E-state index contributed by atoms with van der Waals surface area (Å²) in [6, 6.07) is -0.243. The average molecular weight is 285 g/mol. The molecule has 0 atom stereocenters. The zero-order chi connectivity index (χ0) is 14.3. The maximum atomic E-state index is 11.6. The summed E-state index contributed by atoms with van der Waals surface area (Å²) >= 11 is 1.61. The molecule has 0 saturated carbocycles. The summed E-state index contributed by atoms with van der Waals surface area (Å²) < 4.78 is 0. The largest absolute Gasteiger partial charge is 0.388 e. The summed E-state index contributed by atoms with van der Waals surface area (Å²) in [6.07, 6.45) is 1.98. The Kier molecular flexibility index (Phi) is 6.24. The predicted molar refractivity (Wildman–Crippen MR) is 77.5 cm³/mol. The van der Waals surface area contributed by atoms with Crippen LogP contribution in [0.1, 0.15) is 37.4 Å². The Labute approximate surface area is 118 Å². The SMILES string of the molecule is CCC(O)(CC)CNC(=O)NCCc1csc(C)n1. The Bertz CT molecular complexity index is 402. The van der Waals surface area contributed by atoms with Gasteiger partial charge in [0, 0.05) is 24.9 Å². The molecule has 5 nitrogen and oxygen atoms in total. The van der Waals surface area contributed by atoms with Gasteiger partial charge >= 0.3 is 6.03 Å². The molecule has 1 aromatic rings. The van der Waals surface area contributed by atoms with Crippen molar-refractivity contribution >= 4 is 17.4 Å². The smallest absolute Gasteiger partial charge is 0.314 e. The number of urea groups is 1. The lowest BCUT2D eigenvalue weighted by Gasteiger charge is -2.25. The molecular formula is C13H23N3O2S. The summed E-state index contributed by atoms with van der Waals surface area (Å²) in [4.78, 5) is 15.9. The van der Waals surface area contributed by atoms with Gasteiger partial charge in [0.15, 0.2) is 0 Å². The van der Waals surface area contributed by atoms with Crippen molar-refractivity contribution in [1.82, 2.24) is 15.6 Å². The van der Waals surface area contributed by atoms with Gasteiger partial charge in [-0.1, -0.05) is 13.8 Å². The molecule has 0 aliphatic heterocycles. The third-order valence-electron chi connectivity index (χ3n) is 3.23. The highest BCUT2D eigenvalue weighted by atomic mass is 32.1. The number of aryl methyl sites for hydroxylation is 1. The van der Waals surface area contributed by atoms with E-state index in [1.165, 1.54) is 0 Å². The quantitative estimate of drug-likeness (QED) is 0.715. The Hall–Kier alpha value is -1.14. The number of carbonyl (C=O) groups excluding carboxylic acids is 1. The van der Waals surface area contributed by atoms with Gasteiger partial charge in [0.25, 0.3) is 0 Å². The summed E-state index contributed by atoms with van der Waals surface area (Å²) in [5.41, 5.74) is 0.199. The van der Waals surface area contributed by atoms with Crippen LogP contribution in [0.4, 0.5) is 4.79 Å². The molecule has 1 aromatic heterocycles. The molecule has 0 fully saturated rings. The molecule has 0 bridgehead atoms. The van der Waals surface area contributed by atoms with Crippen molar-refractivity contribution in [3.63, 3.8) is 0 Å². The minimum Gasteiger partial charge on any atom is -0.388 e. The summed E-state index contributed by atoms with van der Waals surface area (Å²) in [5.74, 6) is 0. The van der Waals surface area contributed by atoms with E-state index in [1.54, 1.807) is 11.3 Å². The van der Waals surface area contributed by atoms with Crippen molar-refractivity contribution in [1.29, 1.82) is 0 Å². The van der Waals surface area contributed by atoms with Gasteiger partial charge in [-0.3, -0.25) is 0 Å². The lowest BCUT2D eigenvalue weighted by atomic mass is 9.98. The van der Waals surface area contributed by atoms with Crippen LogP contribution in [0.2, 0.25) is 0 Å². The first-order chi connectivity index (χ1) is 8.99. The molecule has 0 aliphatic carbocycles. The molecule has 0 aromatic carbocycles. The Morgan fingerprint density at radius 1 is 1.42 bits per heavy atom. The zero-order valence-corrected chi connectivity index (χ0v) is 12.6. The Morgan fingerprint density at radius 3 is 2.63 bits per heavy atom. The van der Waals surface area contributed by atoms with E-state index in [1.807, 2.05) is 26.2 Å². The zero-order valence-electron chi connectivity index (χ0n) is 11.8. The molecule has 19 heavy (non-hydrogen) atoms. The van der Waals surface area contributed by atoms with Gasteiger partial charge in [-0.2, -0.15) is 0 Å². The number of rotatable bonds is 7. The highest BCUT2D eigenvalue weighted by molar-refractivity contribution is 7.09. The molecule has 6 heteroatoms. The molecule has 108 valence electrons. The Balaban J connectivity index is 2.21. The van der Waals surface area contributed by atoms with Crippen molar-refractivity contribution < 1.29 is 9.90 Å². The first kappa shape index (κ1) is 15.9. The maximum Gasteiger partial charge on any atom is 0.314 e. The van der Waals surface area contributed by atoms with Gasteiger partial charge in [0.1, 0.15) is 0 Å². The molecule has 2 amide bonds. The summed E-state index contributed by atoms with van der Waals surface area (Å²) in [7, 11) is 0. The number of aliphatic hydroxyl groups is 1. The van der Waals surface area contributed by atoms with Crippen molar-refractivity contribution in [3.8, 4) is 0 Å². The standard InChI is InChI=1S/C13H23N3O2S/c1-4-13(18,5-2)9-15-12(17)14-7-6-11-8-19-10(3)16-11/h8,18H,4-7,9H2,1-3H3,(H2,14,15,17). The van der Waals surface area contributed by atoms with E-state index in [-0.39, 0.29) is 12.6 Å². The van der Waals surface area contributed by atoms with E-state index in [4.69, 9.17) is 0 Å². The van der Waals surface area contributed by atoms with Crippen LogP contribution < -0.4 is 10.6 Å². The number of nitrogens with one attached hydrogen (secondary N) is 2. The highest BCUT2D eigenvalue weighted by Gasteiger charge is 2.22. The van der Waals surface area contributed by atoms with Gasteiger partial charge in [-0.05, 0) is 19.8 Å². The van der Waals surface area contributed by atoms with Crippen LogP contribution in [0.5, 0.6) is 0 Å². The van der Waals surface area contributed by atoms with E-state index >= 15 is 0 Å². The Morgan fingerprint density at radius 2 is 2.11 bits per heavy atom. The third-order valence-corrected chi connectivity index (χ3v) is 4.05. The van der Waals surface area contributed by atoms with Gasteiger partial charge < -0.3 is 15.7 Å². The molecule has 1 heterocycles. The fourth-order valence-electron chi connectivity index (χ4n) is 1.63. The predicted octanol–water partition coefficient (Wildman–Crippen LogP) is 1.84. The number of aromatic nitrogens is 1.